The van der Waals surface area contributed by atoms with E-state index in [4.69, 9.17) is 5.73 Å². The molecule has 0 aromatic carbocycles. The van der Waals surface area contributed by atoms with E-state index in [0.29, 0.717) is 16.8 Å². The SMILES string of the molecule is Cn1c(N2CCCCC2)cc(-c2cc(N)cnc2O)cc1=O. The first kappa shape index (κ1) is 14.4. The smallest absolute Gasteiger partial charge is 0.252 e. The van der Waals surface area contributed by atoms with Gasteiger partial charge in [-0.05, 0) is 37.0 Å². The number of piperidine rings is 1. The van der Waals surface area contributed by atoms with E-state index in [-0.39, 0.29) is 11.4 Å². The molecule has 1 aliphatic rings. The summed E-state index contributed by atoms with van der Waals surface area (Å²) >= 11 is 0. The number of pyridine rings is 2. The van der Waals surface area contributed by atoms with Gasteiger partial charge in [0, 0.05) is 31.8 Å². The lowest BCUT2D eigenvalue weighted by atomic mass is 10.1. The number of nitrogens with two attached hydrogens (primary N) is 1. The van der Waals surface area contributed by atoms with Crippen LogP contribution in [0.15, 0.2) is 29.2 Å². The molecular formula is C16H20N4O2. The summed E-state index contributed by atoms with van der Waals surface area (Å²) in [6.07, 6.45) is 4.88. The number of nitrogen functional groups attached to an aromatic ring is 1. The molecule has 2 aromatic rings. The largest absolute Gasteiger partial charge is 0.493 e. The van der Waals surface area contributed by atoms with Crippen LogP contribution in [-0.2, 0) is 7.05 Å². The molecule has 22 heavy (non-hydrogen) atoms. The Kier molecular flexibility index (Phi) is 3.75. The third-order valence-corrected chi connectivity index (χ3v) is 4.12. The van der Waals surface area contributed by atoms with Crippen LogP contribution in [0.25, 0.3) is 11.1 Å². The Bertz CT molecular complexity index is 748. The first-order chi connectivity index (χ1) is 10.6. The highest BCUT2D eigenvalue weighted by Gasteiger charge is 2.17. The normalized spacial score (nSPS) is 15.0. The van der Waals surface area contributed by atoms with Crippen molar-refractivity contribution in [2.45, 2.75) is 19.3 Å². The number of hydrogen-bond acceptors (Lipinski definition) is 5. The van der Waals surface area contributed by atoms with Gasteiger partial charge in [-0.1, -0.05) is 0 Å². The molecule has 0 atom stereocenters. The van der Waals surface area contributed by atoms with E-state index in [1.54, 1.807) is 17.7 Å². The average molecular weight is 300 g/mol. The first-order valence-electron chi connectivity index (χ1n) is 7.47. The van der Waals surface area contributed by atoms with Gasteiger partial charge < -0.3 is 15.7 Å². The Morgan fingerprint density at radius 2 is 1.91 bits per heavy atom. The van der Waals surface area contributed by atoms with Crippen molar-refractivity contribution in [2.75, 3.05) is 23.7 Å². The molecule has 3 rings (SSSR count). The number of aromatic nitrogens is 2. The van der Waals surface area contributed by atoms with Crippen molar-refractivity contribution >= 4 is 11.5 Å². The van der Waals surface area contributed by atoms with Crippen LogP contribution in [-0.4, -0.2) is 27.7 Å². The molecule has 0 spiro atoms. The second-order valence-corrected chi connectivity index (χ2v) is 5.69. The molecule has 6 nitrogen and oxygen atoms in total. The molecule has 1 aliphatic heterocycles. The molecular weight excluding hydrogens is 280 g/mol. The van der Waals surface area contributed by atoms with Crippen molar-refractivity contribution in [3.8, 4) is 17.0 Å². The number of anilines is 2. The summed E-state index contributed by atoms with van der Waals surface area (Å²) in [6.45, 7) is 1.88. The molecule has 3 heterocycles. The van der Waals surface area contributed by atoms with Gasteiger partial charge in [-0.15, -0.1) is 0 Å². The van der Waals surface area contributed by atoms with Crippen LogP contribution in [0.3, 0.4) is 0 Å². The Labute approximate surface area is 128 Å². The monoisotopic (exact) mass is 300 g/mol. The molecule has 0 aliphatic carbocycles. The minimum atomic E-state index is -0.118. The van der Waals surface area contributed by atoms with Gasteiger partial charge >= 0.3 is 0 Å². The Morgan fingerprint density at radius 3 is 2.64 bits per heavy atom. The number of nitrogens with zero attached hydrogens (tertiary/aromatic N) is 3. The van der Waals surface area contributed by atoms with Crippen molar-refractivity contribution in [1.29, 1.82) is 0 Å². The lowest BCUT2D eigenvalue weighted by molar-refractivity contribution is 0.456. The predicted molar refractivity (Wildman–Crippen MR) is 87.1 cm³/mol. The standard InChI is InChI=1S/C16H20N4O2/c1-19-14(20-5-3-2-4-6-20)7-11(8-15(19)21)13-9-12(17)10-18-16(13)22/h7-10H,2-6,17H2,1H3,(H,18,22). The van der Waals surface area contributed by atoms with Crippen LogP contribution < -0.4 is 16.2 Å². The van der Waals surface area contributed by atoms with Gasteiger partial charge in [0.15, 0.2) is 0 Å². The van der Waals surface area contributed by atoms with E-state index in [0.717, 1.165) is 31.7 Å². The maximum atomic E-state index is 12.3. The summed E-state index contributed by atoms with van der Waals surface area (Å²) < 4.78 is 1.64. The highest BCUT2D eigenvalue weighted by Crippen LogP contribution is 2.30. The minimum Gasteiger partial charge on any atom is -0.493 e. The van der Waals surface area contributed by atoms with E-state index in [9.17, 15) is 9.90 Å². The van der Waals surface area contributed by atoms with E-state index in [1.807, 2.05) is 6.07 Å². The van der Waals surface area contributed by atoms with Crippen molar-refractivity contribution in [3.05, 3.63) is 34.7 Å². The van der Waals surface area contributed by atoms with Crippen molar-refractivity contribution in [3.63, 3.8) is 0 Å². The maximum Gasteiger partial charge on any atom is 0.252 e. The molecule has 0 radical (unpaired) electrons. The van der Waals surface area contributed by atoms with Gasteiger partial charge in [-0.2, -0.15) is 0 Å². The fourth-order valence-electron chi connectivity index (χ4n) is 2.89. The van der Waals surface area contributed by atoms with Gasteiger partial charge in [0.2, 0.25) is 5.88 Å². The van der Waals surface area contributed by atoms with E-state index in [1.165, 1.54) is 18.7 Å². The van der Waals surface area contributed by atoms with Gasteiger partial charge in [-0.3, -0.25) is 9.36 Å². The van der Waals surface area contributed by atoms with Gasteiger partial charge in [0.1, 0.15) is 5.82 Å². The predicted octanol–water partition coefficient (Wildman–Crippen LogP) is 1.73. The molecule has 0 saturated carbocycles. The molecule has 1 fully saturated rings. The Morgan fingerprint density at radius 1 is 1.18 bits per heavy atom. The summed E-state index contributed by atoms with van der Waals surface area (Å²) in [5.41, 5.74) is 7.21. The van der Waals surface area contributed by atoms with Crippen molar-refractivity contribution < 1.29 is 5.11 Å². The van der Waals surface area contributed by atoms with E-state index < -0.39 is 0 Å². The first-order valence-corrected chi connectivity index (χ1v) is 7.47. The lowest BCUT2D eigenvalue weighted by Crippen LogP contribution is -2.34. The second-order valence-electron chi connectivity index (χ2n) is 5.69. The molecule has 3 N–H and O–H groups in total. The number of rotatable bonds is 2. The Hall–Kier alpha value is -2.50. The molecule has 0 unspecified atom stereocenters. The summed E-state index contributed by atoms with van der Waals surface area (Å²) in [6, 6.07) is 5.06. The fourth-order valence-corrected chi connectivity index (χ4v) is 2.89. The summed E-state index contributed by atoms with van der Waals surface area (Å²) in [7, 11) is 1.77. The zero-order valence-electron chi connectivity index (χ0n) is 12.6. The average Bonchev–Trinajstić information content (AvgIpc) is 2.53. The highest BCUT2D eigenvalue weighted by atomic mass is 16.3. The molecule has 0 bridgehead atoms. The van der Waals surface area contributed by atoms with E-state index >= 15 is 0 Å². The maximum absolute atomic E-state index is 12.3. The molecule has 116 valence electrons. The topological polar surface area (TPSA) is 84.4 Å². The Balaban J connectivity index is 2.11. The molecule has 0 amide bonds. The van der Waals surface area contributed by atoms with Gasteiger partial charge in [0.25, 0.3) is 5.56 Å². The minimum absolute atomic E-state index is 0.111. The quantitative estimate of drug-likeness (QED) is 0.882. The summed E-state index contributed by atoms with van der Waals surface area (Å²) in [5, 5.41) is 9.96. The van der Waals surface area contributed by atoms with Crippen LogP contribution in [0.5, 0.6) is 5.88 Å². The fraction of sp³-hybridized carbons (Fsp3) is 0.375. The van der Waals surface area contributed by atoms with Crippen LogP contribution >= 0.6 is 0 Å². The van der Waals surface area contributed by atoms with Crippen molar-refractivity contribution in [2.24, 2.45) is 7.05 Å². The van der Waals surface area contributed by atoms with Crippen LogP contribution in [0.1, 0.15) is 19.3 Å². The zero-order chi connectivity index (χ0) is 15.7. The van der Waals surface area contributed by atoms with Crippen LogP contribution in [0.4, 0.5) is 11.5 Å². The molecule has 6 heteroatoms. The third-order valence-electron chi connectivity index (χ3n) is 4.12. The second kappa shape index (κ2) is 5.71. The van der Waals surface area contributed by atoms with Crippen LogP contribution in [0.2, 0.25) is 0 Å². The van der Waals surface area contributed by atoms with Gasteiger partial charge in [-0.25, -0.2) is 4.98 Å². The highest BCUT2D eigenvalue weighted by molar-refractivity contribution is 5.73. The zero-order valence-corrected chi connectivity index (χ0v) is 12.6. The van der Waals surface area contributed by atoms with Crippen molar-refractivity contribution in [1.82, 2.24) is 9.55 Å². The summed E-state index contributed by atoms with van der Waals surface area (Å²) in [4.78, 5) is 18.3. The van der Waals surface area contributed by atoms with E-state index in [2.05, 4.69) is 9.88 Å². The number of hydrogen-bond donors (Lipinski definition) is 2. The third kappa shape index (κ3) is 2.64. The van der Waals surface area contributed by atoms with Gasteiger partial charge in [0.05, 0.1) is 11.9 Å². The molecule has 2 aromatic heterocycles. The lowest BCUT2D eigenvalue weighted by Gasteiger charge is -2.30. The number of aromatic hydroxyl groups is 1. The van der Waals surface area contributed by atoms with Crippen LogP contribution in [0, 0.1) is 0 Å². The molecule has 1 saturated heterocycles. The summed E-state index contributed by atoms with van der Waals surface area (Å²) in [5.74, 6) is 0.746.